The van der Waals surface area contributed by atoms with Crippen LogP contribution in [0.15, 0.2) is 18.2 Å². The van der Waals surface area contributed by atoms with Gasteiger partial charge in [-0.3, -0.25) is 0 Å². The average Bonchev–Trinajstić information content (AvgIpc) is 2.77. The summed E-state index contributed by atoms with van der Waals surface area (Å²) < 4.78 is 0. The number of halogens is 2. The van der Waals surface area contributed by atoms with Gasteiger partial charge in [0.25, 0.3) is 0 Å². The molecular formula is C13H11Cl2N3. The van der Waals surface area contributed by atoms with Crippen molar-refractivity contribution in [1.82, 2.24) is 9.97 Å². The number of hydrogen-bond donors (Lipinski definition) is 1. The summed E-state index contributed by atoms with van der Waals surface area (Å²) in [6.45, 7) is 0. The van der Waals surface area contributed by atoms with Gasteiger partial charge in [0, 0.05) is 11.3 Å². The van der Waals surface area contributed by atoms with E-state index in [0.717, 1.165) is 30.5 Å². The van der Waals surface area contributed by atoms with Crippen molar-refractivity contribution < 1.29 is 0 Å². The monoisotopic (exact) mass is 279 g/mol. The van der Waals surface area contributed by atoms with E-state index < -0.39 is 0 Å². The van der Waals surface area contributed by atoms with Gasteiger partial charge in [-0.05, 0) is 31.4 Å². The number of fused-ring (bicyclic) bond motifs is 1. The number of benzene rings is 1. The van der Waals surface area contributed by atoms with Crippen LogP contribution in [0.5, 0.6) is 0 Å². The summed E-state index contributed by atoms with van der Waals surface area (Å²) in [6.07, 6.45) is 2.97. The Kier molecular flexibility index (Phi) is 2.88. The van der Waals surface area contributed by atoms with Crippen LogP contribution >= 0.6 is 23.2 Å². The Labute approximate surface area is 115 Å². The first kappa shape index (κ1) is 11.8. The summed E-state index contributed by atoms with van der Waals surface area (Å²) in [7, 11) is 0. The normalized spacial score (nSPS) is 13.7. The molecule has 92 valence electrons. The lowest BCUT2D eigenvalue weighted by Crippen LogP contribution is -2.03. The molecule has 1 aliphatic carbocycles. The molecule has 2 N–H and O–H groups in total. The number of anilines is 1. The minimum Gasteiger partial charge on any atom is -0.383 e. The Hall–Kier alpha value is -1.32. The van der Waals surface area contributed by atoms with Crippen LogP contribution in [0, 0.1) is 0 Å². The van der Waals surface area contributed by atoms with E-state index in [2.05, 4.69) is 9.97 Å². The molecule has 0 atom stereocenters. The largest absolute Gasteiger partial charge is 0.383 e. The van der Waals surface area contributed by atoms with E-state index in [1.165, 1.54) is 0 Å². The highest BCUT2D eigenvalue weighted by Gasteiger charge is 2.20. The van der Waals surface area contributed by atoms with Crippen LogP contribution in [-0.4, -0.2) is 9.97 Å². The Bertz CT molecular complexity index is 606. The number of nitrogens with two attached hydrogens (primary N) is 1. The predicted octanol–water partition coefficient (Wildman–Crippen LogP) is 3.52. The van der Waals surface area contributed by atoms with E-state index in [-0.39, 0.29) is 0 Å². The molecular weight excluding hydrogens is 269 g/mol. The third kappa shape index (κ3) is 1.84. The highest BCUT2D eigenvalue weighted by atomic mass is 35.5. The summed E-state index contributed by atoms with van der Waals surface area (Å²) in [5.74, 6) is 1.06. The molecule has 1 aliphatic rings. The van der Waals surface area contributed by atoms with Crippen LogP contribution in [0.2, 0.25) is 10.0 Å². The van der Waals surface area contributed by atoms with Crippen LogP contribution < -0.4 is 5.73 Å². The summed E-state index contributed by atoms with van der Waals surface area (Å²) in [5, 5.41) is 1.08. The molecule has 1 aromatic carbocycles. The van der Waals surface area contributed by atoms with Gasteiger partial charge in [0.05, 0.1) is 15.6 Å². The summed E-state index contributed by atoms with van der Waals surface area (Å²) in [6, 6.07) is 5.34. The van der Waals surface area contributed by atoms with Crippen molar-refractivity contribution in [3.8, 4) is 11.4 Å². The van der Waals surface area contributed by atoms with E-state index in [0.29, 0.717) is 27.3 Å². The third-order valence-electron chi connectivity index (χ3n) is 3.15. The fourth-order valence-corrected chi connectivity index (χ4v) is 2.85. The van der Waals surface area contributed by atoms with Gasteiger partial charge in [-0.15, -0.1) is 0 Å². The Morgan fingerprint density at radius 1 is 1.06 bits per heavy atom. The molecule has 5 heteroatoms. The van der Waals surface area contributed by atoms with Crippen molar-refractivity contribution in [2.75, 3.05) is 5.73 Å². The molecule has 3 rings (SSSR count). The van der Waals surface area contributed by atoms with Gasteiger partial charge in [-0.1, -0.05) is 29.3 Å². The minimum atomic E-state index is 0.517. The summed E-state index contributed by atoms with van der Waals surface area (Å²) in [5.41, 5.74) is 8.72. The molecule has 2 aromatic rings. The van der Waals surface area contributed by atoms with Crippen molar-refractivity contribution in [3.05, 3.63) is 39.5 Å². The first-order chi connectivity index (χ1) is 8.66. The minimum absolute atomic E-state index is 0.517. The highest BCUT2D eigenvalue weighted by molar-refractivity contribution is 6.38. The predicted molar refractivity (Wildman–Crippen MR) is 73.9 cm³/mol. The van der Waals surface area contributed by atoms with Gasteiger partial charge in [0.15, 0.2) is 5.82 Å². The van der Waals surface area contributed by atoms with Gasteiger partial charge in [-0.2, -0.15) is 0 Å². The van der Waals surface area contributed by atoms with Crippen molar-refractivity contribution in [3.63, 3.8) is 0 Å². The molecule has 0 saturated heterocycles. The van der Waals surface area contributed by atoms with E-state index >= 15 is 0 Å². The quantitative estimate of drug-likeness (QED) is 0.869. The summed E-state index contributed by atoms with van der Waals surface area (Å²) >= 11 is 12.3. The van der Waals surface area contributed by atoms with Gasteiger partial charge in [-0.25, -0.2) is 9.97 Å². The van der Waals surface area contributed by atoms with Gasteiger partial charge < -0.3 is 5.73 Å². The molecule has 0 radical (unpaired) electrons. The van der Waals surface area contributed by atoms with Crippen LogP contribution in [0.4, 0.5) is 5.82 Å². The zero-order valence-electron chi connectivity index (χ0n) is 9.58. The standard InChI is InChI=1S/C13H11Cl2N3/c14-8-4-2-5-9(15)11(8)13-17-10-6-1-3-7(10)12(16)18-13/h2,4-5H,1,3,6H2,(H2,16,17,18). The number of rotatable bonds is 1. The fraction of sp³-hybridized carbons (Fsp3) is 0.231. The van der Waals surface area contributed by atoms with E-state index in [1.807, 2.05) is 0 Å². The number of aromatic nitrogens is 2. The third-order valence-corrected chi connectivity index (χ3v) is 3.78. The molecule has 0 aliphatic heterocycles. The van der Waals surface area contributed by atoms with Gasteiger partial charge in [0.1, 0.15) is 5.82 Å². The molecule has 0 unspecified atom stereocenters. The fourth-order valence-electron chi connectivity index (χ4n) is 2.28. The number of nitrogens with zero attached hydrogens (tertiary/aromatic N) is 2. The van der Waals surface area contributed by atoms with Crippen molar-refractivity contribution in [2.45, 2.75) is 19.3 Å². The maximum absolute atomic E-state index is 6.16. The lowest BCUT2D eigenvalue weighted by atomic mass is 10.2. The van der Waals surface area contributed by atoms with Gasteiger partial charge in [0.2, 0.25) is 0 Å². The first-order valence-electron chi connectivity index (χ1n) is 5.76. The lowest BCUT2D eigenvalue weighted by molar-refractivity contribution is 0.900. The molecule has 0 spiro atoms. The van der Waals surface area contributed by atoms with Crippen molar-refractivity contribution in [1.29, 1.82) is 0 Å². The molecule has 0 saturated carbocycles. The van der Waals surface area contributed by atoms with Crippen LogP contribution in [0.3, 0.4) is 0 Å². The SMILES string of the molecule is Nc1nc(-c2c(Cl)cccc2Cl)nc2c1CCC2. The number of nitrogen functional groups attached to an aromatic ring is 1. The first-order valence-corrected chi connectivity index (χ1v) is 6.52. The number of aryl methyl sites for hydroxylation is 1. The maximum Gasteiger partial charge on any atom is 0.164 e. The van der Waals surface area contributed by atoms with E-state index in [4.69, 9.17) is 28.9 Å². The topological polar surface area (TPSA) is 51.8 Å². The zero-order chi connectivity index (χ0) is 12.7. The second-order valence-electron chi connectivity index (χ2n) is 4.31. The molecule has 0 bridgehead atoms. The summed E-state index contributed by atoms with van der Waals surface area (Å²) in [4.78, 5) is 8.88. The molecule has 1 aromatic heterocycles. The van der Waals surface area contributed by atoms with Crippen molar-refractivity contribution in [2.24, 2.45) is 0 Å². The highest BCUT2D eigenvalue weighted by Crippen LogP contribution is 2.35. The Balaban J connectivity index is 2.21. The average molecular weight is 280 g/mol. The second kappa shape index (κ2) is 4.41. The molecule has 1 heterocycles. The van der Waals surface area contributed by atoms with Crippen LogP contribution in [-0.2, 0) is 12.8 Å². The van der Waals surface area contributed by atoms with Crippen LogP contribution in [0.1, 0.15) is 17.7 Å². The zero-order valence-corrected chi connectivity index (χ0v) is 11.1. The molecule has 3 nitrogen and oxygen atoms in total. The Morgan fingerprint density at radius 2 is 1.78 bits per heavy atom. The molecule has 0 fully saturated rings. The van der Waals surface area contributed by atoms with Crippen LogP contribution in [0.25, 0.3) is 11.4 Å². The second-order valence-corrected chi connectivity index (χ2v) is 5.12. The smallest absolute Gasteiger partial charge is 0.164 e. The van der Waals surface area contributed by atoms with E-state index in [9.17, 15) is 0 Å². The van der Waals surface area contributed by atoms with Gasteiger partial charge >= 0.3 is 0 Å². The Morgan fingerprint density at radius 3 is 2.50 bits per heavy atom. The maximum atomic E-state index is 6.16. The number of hydrogen-bond acceptors (Lipinski definition) is 3. The van der Waals surface area contributed by atoms with E-state index in [1.54, 1.807) is 18.2 Å². The molecule has 0 amide bonds. The molecule has 18 heavy (non-hydrogen) atoms. The lowest BCUT2D eigenvalue weighted by Gasteiger charge is -2.09. The van der Waals surface area contributed by atoms with Crippen molar-refractivity contribution >= 4 is 29.0 Å².